The van der Waals surface area contributed by atoms with Crippen molar-refractivity contribution in [2.24, 2.45) is 0 Å². The number of rotatable bonds is 0. The van der Waals surface area contributed by atoms with Gasteiger partial charge in [0.1, 0.15) is 13.2 Å². The van der Waals surface area contributed by atoms with E-state index in [1.165, 1.54) is 0 Å². The van der Waals surface area contributed by atoms with E-state index in [1.54, 1.807) is 24.3 Å². The highest BCUT2D eigenvalue weighted by atomic mass is 16.5. The van der Waals surface area contributed by atoms with E-state index in [4.69, 9.17) is 9.47 Å². The number of hydrogen-bond donors (Lipinski definition) is 0. The van der Waals surface area contributed by atoms with Crippen LogP contribution in [0.4, 0.5) is 0 Å². The Hall–Kier alpha value is -3.84. The van der Waals surface area contributed by atoms with Crippen molar-refractivity contribution >= 4 is 11.9 Å². The van der Waals surface area contributed by atoms with Crippen LogP contribution < -0.4 is 0 Å². The summed E-state index contributed by atoms with van der Waals surface area (Å²) in [5.41, 5.74) is 3.97. The van der Waals surface area contributed by atoms with Crippen molar-refractivity contribution < 1.29 is 19.1 Å². The van der Waals surface area contributed by atoms with E-state index in [9.17, 15) is 9.59 Å². The Labute approximate surface area is 162 Å². The second-order valence-corrected chi connectivity index (χ2v) is 6.29. The summed E-state index contributed by atoms with van der Waals surface area (Å²) in [5.74, 6) is 5.36. The van der Waals surface area contributed by atoms with Gasteiger partial charge >= 0.3 is 11.9 Å². The van der Waals surface area contributed by atoms with E-state index in [1.807, 2.05) is 48.5 Å². The molecule has 136 valence electrons. The van der Waals surface area contributed by atoms with Gasteiger partial charge in [0.2, 0.25) is 0 Å². The third-order valence-corrected chi connectivity index (χ3v) is 4.44. The summed E-state index contributed by atoms with van der Waals surface area (Å²) >= 11 is 0. The van der Waals surface area contributed by atoms with Gasteiger partial charge in [0.05, 0.1) is 11.1 Å². The topological polar surface area (TPSA) is 52.6 Å². The monoisotopic (exact) mass is 368 g/mol. The predicted molar refractivity (Wildman–Crippen MR) is 104 cm³/mol. The second kappa shape index (κ2) is 7.81. The van der Waals surface area contributed by atoms with Crippen LogP contribution in [0.3, 0.4) is 0 Å². The number of carbonyl (C=O) groups excluding carboxylic acids is 2. The van der Waals surface area contributed by atoms with Crippen LogP contribution in [0, 0.1) is 11.8 Å². The van der Waals surface area contributed by atoms with Crippen molar-refractivity contribution in [1.82, 2.24) is 0 Å². The fraction of sp³-hybridized carbons (Fsp3) is 0.0833. The van der Waals surface area contributed by atoms with Gasteiger partial charge in [-0.1, -0.05) is 48.2 Å². The number of fused-ring (bicyclic) bond motifs is 6. The SMILES string of the molecule is O=C1OCc2ccccc2C#Cc2ccccc2COC(=O)c2ccc1cc2. The lowest BCUT2D eigenvalue weighted by molar-refractivity contribution is 0.0458. The molecule has 4 nitrogen and oxygen atoms in total. The molecule has 2 aliphatic rings. The fourth-order valence-electron chi connectivity index (χ4n) is 2.87. The standard InChI is InChI=1S/C24H16O4/c25-23-19-11-13-20(14-12-19)24(26)28-16-22-8-4-2-6-18(22)10-9-17-5-1-3-7-21(17)15-27-23/h1-8,11-14H,15-16H2. The molecular weight excluding hydrogens is 352 g/mol. The lowest BCUT2D eigenvalue weighted by atomic mass is 10.1. The average Bonchev–Trinajstić information content (AvgIpc) is 2.75. The van der Waals surface area contributed by atoms with E-state index < -0.39 is 11.9 Å². The molecule has 28 heavy (non-hydrogen) atoms. The van der Waals surface area contributed by atoms with Crippen molar-refractivity contribution in [1.29, 1.82) is 0 Å². The molecule has 0 atom stereocenters. The zero-order valence-corrected chi connectivity index (χ0v) is 15.0. The van der Waals surface area contributed by atoms with Crippen LogP contribution in [0.25, 0.3) is 0 Å². The molecule has 0 N–H and O–H groups in total. The normalized spacial score (nSPS) is 13.4. The van der Waals surface area contributed by atoms with Crippen LogP contribution in [0.2, 0.25) is 0 Å². The smallest absolute Gasteiger partial charge is 0.338 e. The summed E-state index contributed by atoms with van der Waals surface area (Å²) in [6.45, 7) is 0.240. The van der Waals surface area contributed by atoms with Gasteiger partial charge in [-0.15, -0.1) is 0 Å². The summed E-state index contributed by atoms with van der Waals surface area (Å²) in [5, 5.41) is 0. The molecule has 0 aliphatic carbocycles. The molecule has 0 radical (unpaired) electrons. The molecule has 0 fully saturated rings. The van der Waals surface area contributed by atoms with E-state index >= 15 is 0 Å². The Bertz CT molecular complexity index is 1010. The van der Waals surface area contributed by atoms with Gasteiger partial charge in [0.25, 0.3) is 0 Å². The average molecular weight is 368 g/mol. The summed E-state index contributed by atoms with van der Waals surface area (Å²) < 4.78 is 10.8. The highest BCUT2D eigenvalue weighted by Gasteiger charge is 2.13. The molecule has 0 saturated carbocycles. The lowest BCUT2D eigenvalue weighted by Gasteiger charge is -2.10. The Morgan fingerprint density at radius 1 is 0.571 bits per heavy atom. The molecule has 0 spiro atoms. The maximum absolute atomic E-state index is 12.3. The van der Waals surface area contributed by atoms with Gasteiger partial charge in [-0.05, 0) is 36.4 Å². The van der Waals surface area contributed by atoms with E-state index in [-0.39, 0.29) is 13.2 Å². The minimum Gasteiger partial charge on any atom is -0.457 e. The summed E-state index contributed by atoms with van der Waals surface area (Å²) in [4.78, 5) is 24.6. The van der Waals surface area contributed by atoms with Gasteiger partial charge < -0.3 is 9.47 Å². The first-order valence-corrected chi connectivity index (χ1v) is 8.83. The van der Waals surface area contributed by atoms with E-state index in [0.29, 0.717) is 11.1 Å². The zero-order chi connectivity index (χ0) is 19.3. The Morgan fingerprint density at radius 2 is 0.964 bits per heavy atom. The van der Waals surface area contributed by atoms with Gasteiger partial charge in [0, 0.05) is 22.3 Å². The molecule has 3 aromatic rings. The van der Waals surface area contributed by atoms with Gasteiger partial charge in [0.15, 0.2) is 0 Å². The third-order valence-electron chi connectivity index (χ3n) is 4.44. The van der Waals surface area contributed by atoms with E-state index in [0.717, 1.165) is 22.3 Å². The van der Waals surface area contributed by atoms with Crippen LogP contribution >= 0.6 is 0 Å². The number of carbonyl (C=O) groups is 2. The zero-order valence-electron chi connectivity index (χ0n) is 15.0. The highest BCUT2D eigenvalue weighted by molar-refractivity contribution is 5.93. The van der Waals surface area contributed by atoms with Crippen LogP contribution in [0.5, 0.6) is 0 Å². The largest absolute Gasteiger partial charge is 0.457 e. The number of ether oxygens (including phenoxy) is 2. The first-order chi connectivity index (χ1) is 13.7. The van der Waals surface area contributed by atoms with Crippen molar-refractivity contribution in [2.45, 2.75) is 13.2 Å². The summed E-state index contributed by atoms with van der Waals surface area (Å²) in [6.07, 6.45) is 0. The molecular formula is C24H16O4. The maximum Gasteiger partial charge on any atom is 0.338 e. The van der Waals surface area contributed by atoms with Gasteiger partial charge in [-0.3, -0.25) is 0 Å². The molecule has 2 bridgehead atoms. The van der Waals surface area contributed by atoms with Crippen LogP contribution in [-0.4, -0.2) is 11.9 Å². The second-order valence-electron chi connectivity index (χ2n) is 6.29. The van der Waals surface area contributed by atoms with Crippen LogP contribution in [0.1, 0.15) is 43.0 Å². The minimum absolute atomic E-state index is 0.120. The maximum atomic E-state index is 12.3. The van der Waals surface area contributed by atoms with Crippen LogP contribution in [0.15, 0.2) is 72.8 Å². The molecule has 0 aromatic heterocycles. The molecule has 4 heteroatoms. The van der Waals surface area contributed by atoms with Crippen molar-refractivity contribution in [3.05, 3.63) is 106 Å². The van der Waals surface area contributed by atoms with Gasteiger partial charge in [-0.25, -0.2) is 9.59 Å². The molecule has 3 aromatic carbocycles. The Kier molecular flexibility index (Phi) is 4.90. The first-order valence-electron chi connectivity index (χ1n) is 8.83. The highest BCUT2D eigenvalue weighted by Crippen LogP contribution is 2.15. The minimum atomic E-state index is -0.458. The fourth-order valence-corrected chi connectivity index (χ4v) is 2.87. The summed E-state index contributed by atoms with van der Waals surface area (Å²) in [7, 11) is 0. The quantitative estimate of drug-likeness (QED) is 0.443. The molecule has 2 aliphatic heterocycles. The number of benzene rings is 3. The molecule has 5 rings (SSSR count). The Morgan fingerprint density at radius 3 is 1.39 bits per heavy atom. The molecule has 0 saturated heterocycles. The van der Waals surface area contributed by atoms with Crippen molar-refractivity contribution in [3.8, 4) is 11.8 Å². The molecule has 0 unspecified atom stereocenters. The van der Waals surface area contributed by atoms with E-state index in [2.05, 4.69) is 11.8 Å². The Balaban J connectivity index is 1.77. The van der Waals surface area contributed by atoms with Crippen molar-refractivity contribution in [2.75, 3.05) is 0 Å². The lowest BCUT2D eigenvalue weighted by Crippen LogP contribution is -2.09. The molecule has 0 amide bonds. The first kappa shape index (κ1) is 17.6. The number of hydrogen-bond acceptors (Lipinski definition) is 4. The van der Waals surface area contributed by atoms with Crippen molar-refractivity contribution in [3.63, 3.8) is 0 Å². The predicted octanol–water partition coefficient (Wildman–Crippen LogP) is 4.11. The molecule has 2 heterocycles. The third kappa shape index (κ3) is 3.79. The summed E-state index contributed by atoms with van der Waals surface area (Å²) in [6, 6.07) is 21.3. The number of esters is 2. The van der Waals surface area contributed by atoms with Gasteiger partial charge in [-0.2, -0.15) is 0 Å². The van der Waals surface area contributed by atoms with Crippen LogP contribution in [-0.2, 0) is 22.7 Å².